The number of fused-ring (bicyclic) bond motifs is 1. The summed E-state index contributed by atoms with van der Waals surface area (Å²) in [5.41, 5.74) is 7.06. The van der Waals surface area contributed by atoms with Crippen molar-refractivity contribution in [3.63, 3.8) is 0 Å². The van der Waals surface area contributed by atoms with Crippen LogP contribution in [0.15, 0.2) is 11.2 Å². The molecular formula is C8H7Cl2N5OS. The Morgan fingerprint density at radius 2 is 2.12 bits per heavy atom. The van der Waals surface area contributed by atoms with Crippen LogP contribution in [0.25, 0.3) is 11.0 Å². The first kappa shape index (κ1) is 12.2. The van der Waals surface area contributed by atoms with E-state index >= 15 is 0 Å². The fraction of sp³-hybridized carbons (Fsp3) is 0.125. The van der Waals surface area contributed by atoms with Crippen LogP contribution >= 0.6 is 34.9 Å². The molecule has 0 fully saturated rings. The van der Waals surface area contributed by atoms with Gasteiger partial charge < -0.3 is 16.3 Å². The average Bonchev–Trinajstić information content (AvgIpc) is 2.77. The van der Waals surface area contributed by atoms with E-state index < -0.39 is 0 Å². The third-order valence-corrected chi connectivity index (χ3v) is 3.13. The van der Waals surface area contributed by atoms with Gasteiger partial charge in [-0.3, -0.25) is 0 Å². The zero-order chi connectivity index (χ0) is 12.4. The van der Waals surface area contributed by atoms with E-state index in [1.54, 1.807) is 6.07 Å². The van der Waals surface area contributed by atoms with Crippen LogP contribution in [0.5, 0.6) is 0 Å². The summed E-state index contributed by atoms with van der Waals surface area (Å²) in [6.07, 6.45) is 0. The smallest absolute Gasteiger partial charge is 0.158 e. The Bertz CT molecular complexity index is 585. The van der Waals surface area contributed by atoms with Crippen LogP contribution in [0.3, 0.4) is 0 Å². The summed E-state index contributed by atoms with van der Waals surface area (Å²) in [6.45, 7) is 0.143. The Kier molecular flexibility index (Phi) is 3.51. The first-order chi connectivity index (χ1) is 8.13. The minimum atomic E-state index is 0.0346. The number of halogens is 2. The molecule has 0 radical (unpaired) electrons. The molecule has 0 aliphatic heterocycles. The Balaban J connectivity index is 2.42. The number of aromatic nitrogens is 2. The van der Waals surface area contributed by atoms with Gasteiger partial charge in [-0.15, -0.1) is 0 Å². The molecule has 0 aliphatic carbocycles. The van der Waals surface area contributed by atoms with E-state index in [9.17, 15) is 0 Å². The number of hydrogen-bond donors (Lipinski definition) is 3. The van der Waals surface area contributed by atoms with E-state index in [0.717, 1.165) is 11.7 Å². The van der Waals surface area contributed by atoms with Crippen LogP contribution in [-0.4, -0.2) is 26.3 Å². The molecule has 0 bridgehead atoms. The molecule has 1 heterocycles. The summed E-state index contributed by atoms with van der Waals surface area (Å²) in [4.78, 5) is 0. The lowest BCUT2D eigenvalue weighted by atomic mass is 10.2. The molecule has 2 rings (SSSR count). The second-order valence-electron chi connectivity index (χ2n) is 3.12. The second kappa shape index (κ2) is 4.91. The molecule has 2 aromatic rings. The molecule has 6 nitrogen and oxygen atoms in total. The SMILES string of the molecule is NC(CNc1c(Cl)cc(Cl)c2nsnc12)=NO. The number of hydrogen-bond acceptors (Lipinski definition) is 6. The standard InChI is InChI=1S/C8H7Cl2N5OS/c9-3-1-4(10)7-8(15-17-14-7)6(3)12-2-5(11)13-16/h1,12,16H,2H2,(H2,11,13). The Labute approximate surface area is 110 Å². The molecule has 0 atom stereocenters. The van der Waals surface area contributed by atoms with Crippen molar-refractivity contribution in [1.29, 1.82) is 0 Å². The lowest BCUT2D eigenvalue weighted by molar-refractivity contribution is 0.317. The largest absolute Gasteiger partial charge is 0.409 e. The summed E-state index contributed by atoms with van der Waals surface area (Å²) in [5, 5.41) is 15.0. The fourth-order valence-electron chi connectivity index (χ4n) is 1.26. The number of nitrogens with zero attached hydrogens (tertiary/aromatic N) is 3. The van der Waals surface area contributed by atoms with Gasteiger partial charge in [-0.1, -0.05) is 28.4 Å². The fourth-order valence-corrected chi connectivity index (χ4v) is 2.44. The molecular weight excluding hydrogens is 285 g/mol. The summed E-state index contributed by atoms with van der Waals surface area (Å²) < 4.78 is 8.16. The van der Waals surface area contributed by atoms with Crippen molar-refractivity contribution in [3.05, 3.63) is 16.1 Å². The highest BCUT2D eigenvalue weighted by molar-refractivity contribution is 7.00. The number of nitrogens with one attached hydrogen (secondary N) is 1. The van der Waals surface area contributed by atoms with Gasteiger partial charge in [0.2, 0.25) is 0 Å². The topological polar surface area (TPSA) is 96.4 Å². The average molecular weight is 292 g/mol. The maximum absolute atomic E-state index is 8.44. The molecule has 4 N–H and O–H groups in total. The molecule has 0 amide bonds. The predicted molar refractivity (Wildman–Crippen MR) is 69.3 cm³/mol. The van der Waals surface area contributed by atoms with E-state index in [0.29, 0.717) is 26.8 Å². The van der Waals surface area contributed by atoms with Gasteiger partial charge in [0.15, 0.2) is 5.84 Å². The lowest BCUT2D eigenvalue weighted by Crippen LogP contribution is -2.22. The number of rotatable bonds is 3. The van der Waals surface area contributed by atoms with Crippen LogP contribution in [0, 0.1) is 0 Å². The summed E-state index contributed by atoms with van der Waals surface area (Å²) >= 11 is 13.0. The van der Waals surface area contributed by atoms with Crippen molar-refractivity contribution in [1.82, 2.24) is 8.75 Å². The molecule has 0 saturated heterocycles. The Hall–Kier alpha value is -1.31. The zero-order valence-electron chi connectivity index (χ0n) is 8.31. The highest BCUT2D eigenvalue weighted by atomic mass is 35.5. The number of oxime groups is 1. The molecule has 0 spiro atoms. The maximum atomic E-state index is 8.44. The number of benzene rings is 1. The van der Waals surface area contributed by atoms with Gasteiger partial charge >= 0.3 is 0 Å². The van der Waals surface area contributed by atoms with Crippen LogP contribution in [0.1, 0.15) is 0 Å². The van der Waals surface area contributed by atoms with Crippen molar-refractivity contribution in [2.45, 2.75) is 0 Å². The van der Waals surface area contributed by atoms with E-state index in [-0.39, 0.29) is 12.4 Å². The maximum Gasteiger partial charge on any atom is 0.158 e. The van der Waals surface area contributed by atoms with Crippen molar-refractivity contribution in [3.8, 4) is 0 Å². The summed E-state index contributed by atoms with van der Waals surface area (Å²) in [5.74, 6) is 0.0346. The van der Waals surface area contributed by atoms with Crippen molar-refractivity contribution in [2.24, 2.45) is 10.9 Å². The quantitative estimate of drug-likeness (QED) is 0.348. The van der Waals surface area contributed by atoms with Gasteiger partial charge in [0.25, 0.3) is 0 Å². The molecule has 90 valence electrons. The minimum Gasteiger partial charge on any atom is -0.409 e. The van der Waals surface area contributed by atoms with Crippen LogP contribution in [-0.2, 0) is 0 Å². The highest BCUT2D eigenvalue weighted by Crippen LogP contribution is 2.34. The lowest BCUT2D eigenvalue weighted by Gasteiger charge is -2.08. The van der Waals surface area contributed by atoms with E-state index in [2.05, 4.69) is 19.2 Å². The van der Waals surface area contributed by atoms with Gasteiger partial charge in [0.05, 0.1) is 34.0 Å². The third-order valence-electron chi connectivity index (χ3n) is 2.02. The second-order valence-corrected chi connectivity index (χ2v) is 4.46. The van der Waals surface area contributed by atoms with Crippen LogP contribution < -0.4 is 11.1 Å². The van der Waals surface area contributed by atoms with Crippen molar-refractivity contribution in [2.75, 3.05) is 11.9 Å². The molecule has 17 heavy (non-hydrogen) atoms. The van der Waals surface area contributed by atoms with Crippen molar-refractivity contribution >= 4 is 57.5 Å². The Morgan fingerprint density at radius 3 is 2.82 bits per heavy atom. The van der Waals surface area contributed by atoms with E-state index in [1.165, 1.54) is 0 Å². The first-order valence-electron chi connectivity index (χ1n) is 4.44. The number of amidine groups is 1. The summed E-state index contributed by atoms with van der Waals surface area (Å²) in [7, 11) is 0. The predicted octanol–water partition coefficient (Wildman–Crippen LogP) is 2.16. The minimum absolute atomic E-state index is 0.0346. The van der Waals surface area contributed by atoms with Crippen LogP contribution in [0.2, 0.25) is 10.0 Å². The molecule has 1 aromatic carbocycles. The first-order valence-corrected chi connectivity index (χ1v) is 5.92. The molecule has 0 unspecified atom stereocenters. The zero-order valence-corrected chi connectivity index (χ0v) is 10.6. The van der Waals surface area contributed by atoms with Gasteiger partial charge in [0, 0.05) is 0 Å². The van der Waals surface area contributed by atoms with Gasteiger partial charge in [-0.25, -0.2) is 0 Å². The highest BCUT2D eigenvalue weighted by Gasteiger charge is 2.13. The van der Waals surface area contributed by atoms with Crippen LogP contribution in [0.4, 0.5) is 5.69 Å². The van der Waals surface area contributed by atoms with Gasteiger partial charge in [0.1, 0.15) is 11.0 Å². The number of anilines is 1. The summed E-state index contributed by atoms with van der Waals surface area (Å²) in [6, 6.07) is 1.57. The van der Waals surface area contributed by atoms with Gasteiger partial charge in [-0.05, 0) is 6.07 Å². The monoisotopic (exact) mass is 291 g/mol. The van der Waals surface area contributed by atoms with Gasteiger partial charge in [-0.2, -0.15) is 8.75 Å². The molecule has 0 saturated carbocycles. The third kappa shape index (κ3) is 2.36. The Morgan fingerprint density at radius 1 is 1.41 bits per heavy atom. The molecule has 9 heteroatoms. The molecule has 0 aliphatic rings. The normalized spacial score (nSPS) is 12.0. The van der Waals surface area contributed by atoms with E-state index in [1.807, 2.05) is 0 Å². The number of nitrogens with two attached hydrogens (primary N) is 1. The van der Waals surface area contributed by atoms with E-state index in [4.69, 9.17) is 34.1 Å². The van der Waals surface area contributed by atoms with Crippen molar-refractivity contribution < 1.29 is 5.21 Å². The molecule has 1 aromatic heterocycles.